The van der Waals surface area contributed by atoms with Crippen LogP contribution in [0.5, 0.6) is 0 Å². The van der Waals surface area contributed by atoms with Crippen LogP contribution in [0, 0.1) is 0 Å². The first-order valence-corrected chi connectivity index (χ1v) is 8.59. The molecule has 0 heterocycles. The summed E-state index contributed by atoms with van der Waals surface area (Å²) in [6.07, 6.45) is -6.06. The number of esters is 1. The fourth-order valence-electron chi connectivity index (χ4n) is 2.40. The summed E-state index contributed by atoms with van der Waals surface area (Å²) in [7, 11) is 0. The van der Waals surface area contributed by atoms with E-state index in [0.717, 1.165) is 12.1 Å². The highest BCUT2D eigenvalue weighted by Gasteiger charge is 2.30. The van der Waals surface area contributed by atoms with Crippen molar-refractivity contribution in [1.29, 1.82) is 0 Å². The first-order chi connectivity index (χ1) is 13.5. The number of carbonyl (C=O) groups excluding carboxylic acids is 3. The predicted molar refractivity (Wildman–Crippen MR) is 100 cm³/mol. The molecule has 0 aliphatic rings. The van der Waals surface area contributed by atoms with Crippen LogP contribution in [-0.4, -0.2) is 23.9 Å². The maximum absolute atomic E-state index is 12.7. The molecule has 2 aromatic rings. The minimum Gasteiger partial charge on any atom is -0.452 e. The minimum absolute atomic E-state index is 0.131. The topological polar surface area (TPSA) is 84.5 Å². The SMILES string of the molecule is CC(=O)Nc1ccc(NC(=O)[C@H](C)OC(=O)Cc2cccc(C(F)(F)F)c2)cc1. The van der Waals surface area contributed by atoms with Gasteiger partial charge in [-0.15, -0.1) is 0 Å². The zero-order chi connectivity index (χ0) is 21.6. The third-order valence-corrected chi connectivity index (χ3v) is 3.75. The Hall–Kier alpha value is -3.36. The molecule has 0 aliphatic carbocycles. The molecule has 6 nitrogen and oxygen atoms in total. The van der Waals surface area contributed by atoms with Crippen molar-refractivity contribution in [3.8, 4) is 0 Å². The van der Waals surface area contributed by atoms with E-state index in [9.17, 15) is 27.6 Å². The first kappa shape index (κ1) is 21.9. The van der Waals surface area contributed by atoms with Gasteiger partial charge >= 0.3 is 12.1 Å². The molecule has 0 spiro atoms. The van der Waals surface area contributed by atoms with Crippen LogP contribution < -0.4 is 10.6 Å². The third kappa shape index (κ3) is 6.95. The number of alkyl halides is 3. The van der Waals surface area contributed by atoms with E-state index in [2.05, 4.69) is 10.6 Å². The van der Waals surface area contributed by atoms with Gasteiger partial charge in [-0.1, -0.05) is 18.2 Å². The highest BCUT2D eigenvalue weighted by atomic mass is 19.4. The van der Waals surface area contributed by atoms with E-state index in [-0.39, 0.29) is 11.5 Å². The molecule has 0 aliphatic heterocycles. The standard InChI is InChI=1S/C20H19F3N2O4/c1-12(19(28)25-17-8-6-16(7-9-17)24-13(2)26)29-18(27)11-14-4-3-5-15(10-14)20(21,22)23/h3-10,12H,11H2,1-2H3,(H,24,26)(H,25,28)/t12-/m0/s1. The molecule has 2 rings (SSSR count). The summed E-state index contributed by atoms with van der Waals surface area (Å²) in [4.78, 5) is 35.1. The summed E-state index contributed by atoms with van der Waals surface area (Å²) in [6.45, 7) is 2.72. The van der Waals surface area contributed by atoms with Crippen LogP contribution in [0.3, 0.4) is 0 Å². The van der Waals surface area contributed by atoms with Gasteiger partial charge in [0.05, 0.1) is 12.0 Å². The van der Waals surface area contributed by atoms with Gasteiger partial charge in [-0.2, -0.15) is 13.2 Å². The van der Waals surface area contributed by atoms with E-state index in [1.54, 1.807) is 24.3 Å². The number of anilines is 2. The lowest BCUT2D eigenvalue weighted by atomic mass is 10.1. The van der Waals surface area contributed by atoms with Crippen molar-refractivity contribution in [3.63, 3.8) is 0 Å². The highest BCUT2D eigenvalue weighted by molar-refractivity contribution is 5.95. The summed E-state index contributed by atoms with van der Waals surface area (Å²) in [5.74, 6) is -1.66. The van der Waals surface area contributed by atoms with Crippen molar-refractivity contribution in [3.05, 3.63) is 59.7 Å². The lowest BCUT2D eigenvalue weighted by Gasteiger charge is -2.14. The van der Waals surface area contributed by atoms with Crippen molar-refractivity contribution < 1.29 is 32.3 Å². The average molecular weight is 408 g/mol. The van der Waals surface area contributed by atoms with Crippen LogP contribution in [-0.2, 0) is 31.7 Å². The monoisotopic (exact) mass is 408 g/mol. The Kier molecular flexibility index (Phi) is 6.98. The zero-order valence-corrected chi connectivity index (χ0v) is 15.7. The number of ether oxygens (including phenoxy) is 1. The Balaban J connectivity index is 1.90. The average Bonchev–Trinajstić information content (AvgIpc) is 2.62. The molecule has 0 saturated heterocycles. The minimum atomic E-state index is -4.51. The van der Waals surface area contributed by atoms with Crippen LogP contribution in [0.4, 0.5) is 24.5 Å². The van der Waals surface area contributed by atoms with Crippen molar-refractivity contribution >= 4 is 29.2 Å². The number of amides is 2. The van der Waals surface area contributed by atoms with Gasteiger partial charge in [0.25, 0.3) is 5.91 Å². The number of hydrogen-bond acceptors (Lipinski definition) is 4. The van der Waals surface area contributed by atoms with Gasteiger partial charge in [0, 0.05) is 18.3 Å². The predicted octanol–water partition coefficient (Wildman–Crippen LogP) is 3.78. The van der Waals surface area contributed by atoms with Gasteiger partial charge in [-0.05, 0) is 42.8 Å². The third-order valence-electron chi connectivity index (χ3n) is 3.75. The maximum atomic E-state index is 12.7. The fourth-order valence-corrected chi connectivity index (χ4v) is 2.40. The van der Waals surface area contributed by atoms with Crippen LogP contribution >= 0.6 is 0 Å². The smallest absolute Gasteiger partial charge is 0.416 e. The van der Waals surface area contributed by atoms with Gasteiger partial charge in [0.15, 0.2) is 6.10 Å². The molecule has 1 atom stereocenters. The van der Waals surface area contributed by atoms with Crippen LogP contribution in [0.25, 0.3) is 0 Å². The molecule has 0 fully saturated rings. The normalized spacial score (nSPS) is 12.0. The highest BCUT2D eigenvalue weighted by Crippen LogP contribution is 2.29. The van der Waals surface area contributed by atoms with E-state index in [1.165, 1.54) is 26.0 Å². The Labute approximate surface area is 165 Å². The molecule has 154 valence electrons. The molecular weight excluding hydrogens is 389 g/mol. The Bertz CT molecular complexity index is 895. The maximum Gasteiger partial charge on any atom is 0.416 e. The zero-order valence-electron chi connectivity index (χ0n) is 15.7. The van der Waals surface area contributed by atoms with Gasteiger partial charge < -0.3 is 15.4 Å². The number of hydrogen-bond donors (Lipinski definition) is 2. The molecule has 0 unspecified atom stereocenters. The van der Waals surface area contributed by atoms with Crippen LogP contribution in [0.1, 0.15) is 25.0 Å². The lowest BCUT2D eigenvalue weighted by molar-refractivity contribution is -0.152. The van der Waals surface area contributed by atoms with E-state index in [4.69, 9.17) is 4.74 Å². The molecule has 29 heavy (non-hydrogen) atoms. The second-order valence-electron chi connectivity index (χ2n) is 6.25. The molecule has 2 N–H and O–H groups in total. The number of carbonyl (C=O) groups is 3. The molecule has 2 amide bonds. The first-order valence-electron chi connectivity index (χ1n) is 8.59. The lowest BCUT2D eigenvalue weighted by Crippen LogP contribution is -2.30. The van der Waals surface area contributed by atoms with E-state index in [0.29, 0.717) is 11.4 Å². The Morgan fingerprint density at radius 1 is 1.00 bits per heavy atom. The second-order valence-corrected chi connectivity index (χ2v) is 6.25. The van der Waals surface area contributed by atoms with Crippen LogP contribution in [0.15, 0.2) is 48.5 Å². The largest absolute Gasteiger partial charge is 0.452 e. The molecule has 9 heteroatoms. The molecule has 0 saturated carbocycles. The molecule has 0 bridgehead atoms. The van der Waals surface area contributed by atoms with Gasteiger partial charge in [-0.3, -0.25) is 14.4 Å². The fraction of sp³-hybridized carbons (Fsp3) is 0.250. The van der Waals surface area contributed by atoms with E-state index >= 15 is 0 Å². The Morgan fingerprint density at radius 2 is 1.59 bits per heavy atom. The summed E-state index contributed by atoms with van der Waals surface area (Å²) >= 11 is 0. The van der Waals surface area contributed by atoms with Gasteiger partial charge in [0.2, 0.25) is 5.91 Å². The van der Waals surface area contributed by atoms with Crippen molar-refractivity contribution in [1.82, 2.24) is 0 Å². The quantitative estimate of drug-likeness (QED) is 0.713. The van der Waals surface area contributed by atoms with E-state index < -0.39 is 36.1 Å². The van der Waals surface area contributed by atoms with Crippen molar-refractivity contribution in [2.75, 3.05) is 10.6 Å². The summed E-state index contributed by atoms with van der Waals surface area (Å²) in [6, 6.07) is 10.6. The summed E-state index contributed by atoms with van der Waals surface area (Å²) < 4.78 is 43.2. The molecule has 2 aromatic carbocycles. The van der Waals surface area contributed by atoms with Gasteiger partial charge in [0.1, 0.15) is 0 Å². The molecular formula is C20H19F3N2O4. The summed E-state index contributed by atoms with van der Waals surface area (Å²) in [5, 5.41) is 5.12. The van der Waals surface area contributed by atoms with E-state index in [1.807, 2.05) is 0 Å². The number of rotatable bonds is 6. The number of benzene rings is 2. The van der Waals surface area contributed by atoms with Crippen molar-refractivity contribution in [2.45, 2.75) is 32.5 Å². The van der Waals surface area contributed by atoms with Gasteiger partial charge in [-0.25, -0.2) is 0 Å². The number of nitrogens with one attached hydrogen (secondary N) is 2. The summed E-state index contributed by atoms with van der Waals surface area (Å²) in [5.41, 5.74) is 0.239. The second kappa shape index (κ2) is 9.22. The van der Waals surface area contributed by atoms with Crippen molar-refractivity contribution in [2.24, 2.45) is 0 Å². The Morgan fingerprint density at radius 3 is 2.14 bits per heavy atom. The molecule has 0 radical (unpaired) electrons. The van der Waals surface area contributed by atoms with Crippen LogP contribution in [0.2, 0.25) is 0 Å². The molecule has 0 aromatic heterocycles. The number of halogens is 3.